The summed E-state index contributed by atoms with van der Waals surface area (Å²) in [6.45, 7) is 6.55. The van der Waals surface area contributed by atoms with Crippen LogP contribution in [0, 0.1) is 5.92 Å². The van der Waals surface area contributed by atoms with Gasteiger partial charge in [-0.2, -0.15) is 0 Å². The molecule has 1 saturated heterocycles. The second-order valence-electron chi connectivity index (χ2n) is 11.2. The van der Waals surface area contributed by atoms with E-state index < -0.39 is 0 Å². The number of unbranched alkanes of at least 4 members (excludes halogenated alkanes) is 2. The average Bonchev–Trinajstić information content (AvgIpc) is 3.00. The molecule has 1 fully saturated rings. The fourth-order valence-corrected chi connectivity index (χ4v) is 5.99. The molecule has 4 aromatic carbocycles. The topological polar surface area (TPSA) is 15.3 Å². The second-order valence-corrected chi connectivity index (χ2v) is 11.2. The number of nitrogens with one attached hydrogen (secondary N) is 1. The zero-order valence-corrected chi connectivity index (χ0v) is 23.6. The van der Waals surface area contributed by atoms with Crippen molar-refractivity contribution in [3.05, 3.63) is 131 Å². The molecule has 2 nitrogen and oxygen atoms in total. The Morgan fingerprint density at radius 3 is 1.95 bits per heavy atom. The van der Waals surface area contributed by atoms with Crippen molar-refractivity contribution in [3.8, 4) is 11.1 Å². The van der Waals surface area contributed by atoms with Gasteiger partial charge in [-0.3, -0.25) is 4.90 Å². The Labute approximate surface area is 236 Å². The molecule has 0 saturated carbocycles. The monoisotopic (exact) mass is 516 g/mol. The molecule has 1 aliphatic heterocycles. The van der Waals surface area contributed by atoms with E-state index in [0.29, 0.717) is 12.0 Å². The summed E-state index contributed by atoms with van der Waals surface area (Å²) >= 11 is 0. The van der Waals surface area contributed by atoms with E-state index in [9.17, 15) is 0 Å². The van der Waals surface area contributed by atoms with Gasteiger partial charge in [-0.15, -0.1) is 0 Å². The number of benzene rings is 4. The Morgan fingerprint density at radius 1 is 0.667 bits per heavy atom. The van der Waals surface area contributed by atoms with Gasteiger partial charge in [0.1, 0.15) is 0 Å². The standard InChI is InChI=1S/C37H44N2/c1-2-3-6-11-30-16-18-31(19-17-30)28-38-37(35-22-20-34(21-23-35)33-14-9-5-10-15-33)36-24-26-39(27-25-36)29-32-12-7-4-8-13-32/h4-5,7-10,12-23,36-38H,2-3,6,11,24-29H2,1H3. The molecule has 0 radical (unpaired) electrons. The molecule has 1 aliphatic rings. The summed E-state index contributed by atoms with van der Waals surface area (Å²) in [5, 5.41) is 4.00. The lowest BCUT2D eigenvalue weighted by atomic mass is 9.84. The van der Waals surface area contributed by atoms with Gasteiger partial charge < -0.3 is 5.32 Å². The fourth-order valence-electron chi connectivity index (χ4n) is 5.99. The number of hydrogen-bond donors (Lipinski definition) is 1. The van der Waals surface area contributed by atoms with Crippen molar-refractivity contribution in [2.75, 3.05) is 13.1 Å². The molecular formula is C37H44N2. The van der Waals surface area contributed by atoms with Crippen LogP contribution in [0.3, 0.4) is 0 Å². The fraction of sp³-hybridized carbons (Fsp3) is 0.351. The predicted octanol–water partition coefficient (Wildman–Crippen LogP) is 8.83. The van der Waals surface area contributed by atoms with E-state index in [2.05, 4.69) is 126 Å². The summed E-state index contributed by atoms with van der Waals surface area (Å²) in [6, 6.07) is 40.6. The van der Waals surface area contributed by atoms with E-state index in [1.165, 1.54) is 71.9 Å². The molecule has 1 heterocycles. The number of rotatable bonds is 12. The Kier molecular flexibility index (Phi) is 10.0. The molecule has 1 atom stereocenters. The minimum Gasteiger partial charge on any atom is -0.306 e. The van der Waals surface area contributed by atoms with Gasteiger partial charge in [-0.05, 0) is 78.1 Å². The Balaban J connectivity index is 1.26. The molecule has 1 unspecified atom stereocenters. The first-order chi connectivity index (χ1) is 19.3. The van der Waals surface area contributed by atoms with E-state index in [1.807, 2.05) is 0 Å². The number of nitrogens with zero attached hydrogens (tertiary/aromatic N) is 1. The quantitative estimate of drug-likeness (QED) is 0.189. The molecule has 39 heavy (non-hydrogen) atoms. The van der Waals surface area contributed by atoms with Gasteiger partial charge in [0.05, 0.1) is 0 Å². The van der Waals surface area contributed by atoms with Gasteiger partial charge in [0.25, 0.3) is 0 Å². The lowest BCUT2D eigenvalue weighted by molar-refractivity contribution is 0.152. The van der Waals surface area contributed by atoms with Gasteiger partial charge in [0, 0.05) is 19.1 Å². The van der Waals surface area contributed by atoms with Crippen molar-refractivity contribution in [2.45, 2.75) is 64.6 Å². The summed E-state index contributed by atoms with van der Waals surface area (Å²) in [4.78, 5) is 2.62. The Morgan fingerprint density at radius 2 is 1.28 bits per heavy atom. The highest BCUT2D eigenvalue weighted by Gasteiger charge is 2.27. The lowest BCUT2D eigenvalue weighted by Gasteiger charge is -2.37. The molecule has 2 heteroatoms. The molecule has 4 aromatic rings. The van der Waals surface area contributed by atoms with Crippen LogP contribution in [0.2, 0.25) is 0 Å². The van der Waals surface area contributed by atoms with Crippen LogP contribution in [-0.4, -0.2) is 18.0 Å². The smallest absolute Gasteiger partial charge is 0.0352 e. The minimum atomic E-state index is 0.359. The maximum absolute atomic E-state index is 4.00. The number of hydrogen-bond acceptors (Lipinski definition) is 2. The summed E-state index contributed by atoms with van der Waals surface area (Å²) in [6.07, 6.45) is 7.53. The lowest BCUT2D eigenvalue weighted by Crippen LogP contribution is -2.38. The number of aryl methyl sites for hydroxylation is 1. The van der Waals surface area contributed by atoms with E-state index in [0.717, 1.165) is 26.2 Å². The van der Waals surface area contributed by atoms with E-state index >= 15 is 0 Å². The first kappa shape index (κ1) is 27.4. The molecular weight excluding hydrogens is 472 g/mol. The largest absolute Gasteiger partial charge is 0.306 e. The number of likely N-dealkylation sites (tertiary alicyclic amines) is 1. The molecule has 1 N–H and O–H groups in total. The van der Waals surface area contributed by atoms with Crippen LogP contribution < -0.4 is 5.32 Å². The van der Waals surface area contributed by atoms with Crippen LogP contribution in [0.4, 0.5) is 0 Å². The van der Waals surface area contributed by atoms with Crippen molar-refractivity contribution in [2.24, 2.45) is 5.92 Å². The van der Waals surface area contributed by atoms with Crippen molar-refractivity contribution >= 4 is 0 Å². The highest BCUT2D eigenvalue weighted by atomic mass is 15.1. The van der Waals surface area contributed by atoms with Crippen LogP contribution in [0.25, 0.3) is 11.1 Å². The predicted molar refractivity (Wildman–Crippen MR) is 166 cm³/mol. The molecule has 0 aromatic heterocycles. The van der Waals surface area contributed by atoms with E-state index in [4.69, 9.17) is 0 Å². The molecule has 0 aliphatic carbocycles. The maximum Gasteiger partial charge on any atom is 0.0352 e. The molecule has 0 spiro atoms. The average molecular weight is 517 g/mol. The van der Waals surface area contributed by atoms with Gasteiger partial charge in [-0.25, -0.2) is 0 Å². The molecule has 0 amide bonds. The maximum atomic E-state index is 4.00. The minimum absolute atomic E-state index is 0.359. The van der Waals surface area contributed by atoms with Crippen molar-refractivity contribution in [1.29, 1.82) is 0 Å². The Hall–Kier alpha value is -3.20. The highest BCUT2D eigenvalue weighted by Crippen LogP contribution is 2.33. The third-order valence-electron chi connectivity index (χ3n) is 8.35. The molecule has 0 bridgehead atoms. The Bertz CT molecular complexity index is 1220. The first-order valence-electron chi connectivity index (χ1n) is 15.0. The third-order valence-corrected chi connectivity index (χ3v) is 8.35. The van der Waals surface area contributed by atoms with Crippen LogP contribution in [-0.2, 0) is 19.5 Å². The van der Waals surface area contributed by atoms with E-state index in [1.54, 1.807) is 0 Å². The number of piperidine rings is 1. The summed E-state index contributed by atoms with van der Waals surface area (Å²) < 4.78 is 0. The second kappa shape index (κ2) is 14.3. The normalized spacial score (nSPS) is 15.3. The zero-order valence-electron chi connectivity index (χ0n) is 23.6. The molecule has 5 rings (SSSR count). The first-order valence-corrected chi connectivity index (χ1v) is 15.0. The van der Waals surface area contributed by atoms with Crippen molar-refractivity contribution in [3.63, 3.8) is 0 Å². The van der Waals surface area contributed by atoms with Crippen LogP contribution in [0.1, 0.15) is 67.3 Å². The summed E-state index contributed by atoms with van der Waals surface area (Å²) in [5.41, 5.74) is 8.23. The zero-order chi connectivity index (χ0) is 26.7. The van der Waals surface area contributed by atoms with Crippen LogP contribution >= 0.6 is 0 Å². The highest BCUT2D eigenvalue weighted by molar-refractivity contribution is 5.63. The van der Waals surface area contributed by atoms with Crippen molar-refractivity contribution < 1.29 is 0 Å². The van der Waals surface area contributed by atoms with Gasteiger partial charge in [-0.1, -0.05) is 129 Å². The van der Waals surface area contributed by atoms with E-state index in [-0.39, 0.29) is 0 Å². The van der Waals surface area contributed by atoms with Crippen LogP contribution in [0.15, 0.2) is 109 Å². The van der Waals surface area contributed by atoms with Crippen molar-refractivity contribution in [1.82, 2.24) is 10.2 Å². The third kappa shape index (κ3) is 7.91. The summed E-state index contributed by atoms with van der Waals surface area (Å²) in [5.74, 6) is 0.632. The summed E-state index contributed by atoms with van der Waals surface area (Å²) in [7, 11) is 0. The molecule has 202 valence electrons. The van der Waals surface area contributed by atoms with Crippen LogP contribution in [0.5, 0.6) is 0 Å². The van der Waals surface area contributed by atoms with Gasteiger partial charge >= 0.3 is 0 Å². The SMILES string of the molecule is CCCCCc1ccc(CNC(c2ccc(-c3ccccc3)cc2)C2CCN(Cc3ccccc3)CC2)cc1. The van der Waals surface area contributed by atoms with Gasteiger partial charge in [0.15, 0.2) is 0 Å². The van der Waals surface area contributed by atoms with Gasteiger partial charge in [0.2, 0.25) is 0 Å².